The average molecular weight is 657 g/mol. The molecule has 6 atom stereocenters. The van der Waals surface area contributed by atoms with Crippen LogP contribution in [-0.2, 0) is 31.3 Å². The number of fused-ring (bicyclic) bond motifs is 4. The molecule has 244 valence electrons. The van der Waals surface area contributed by atoms with Crippen LogP contribution in [0.25, 0.3) is 0 Å². The summed E-state index contributed by atoms with van der Waals surface area (Å²) in [7, 11) is -3.88. The molecular weight excluding hydrogens is 612 g/mol. The minimum atomic E-state index is -3.88. The Morgan fingerprint density at radius 3 is 2.58 bits per heavy atom. The van der Waals surface area contributed by atoms with E-state index < -0.39 is 21.2 Å². The van der Waals surface area contributed by atoms with Crippen molar-refractivity contribution in [2.24, 2.45) is 23.7 Å². The fourth-order valence-corrected chi connectivity index (χ4v) is 10.1. The van der Waals surface area contributed by atoms with Gasteiger partial charge in [0.2, 0.25) is 10.0 Å². The number of carbonyl (C=O) groups excluding carboxylic acids is 1. The molecule has 1 saturated heterocycles. The van der Waals surface area contributed by atoms with Gasteiger partial charge in [-0.25, -0.2) is 13.1 Å². The van der Waals surface area contributed by atoms with Crippen molar-refractivity contribution in [3.8, 4) is 5.75 Å². The van der Waals surface area contributed by atoms with Crippen LogP contribution in [0.5, 0.6) is 5.75 Å². The van der Waals surface area contributed by atoms with E-state index in [4.69, 9.17) is 25.8 Å². The monoisotopic (exact) mass is 656 g/mol. The number of ether oxygens (including phenoxy) is 3. The Bertz CT molecular complexity index is 1540. The number of sulfonamides is 1. The van der Waals surface area contributed by atoms with Crippen molar-refractivity contribution in [3.63, 3.8) is 0 Å². The molecule has 1 saturated carbocycles. The minimum absolute atomic E-state index is 0.105. The Balaban J connectivity index is 1.29. The van der Waals surface area contributed by atoms with Crippen molar-refractivity contribution in [2.75, 3.05) is 37.8 Å². The molecule has 0 aromatic heterocycles. The average Bonchev–Trinajstić information content (AvgIpc) is 3.50. The third-order valence-electron chi connectivity index (χ3n) is 11.5. The Hall–Kier alpha value is -2.33. The van der Waals surface area contributed by atoms with Crippen molar-refractivity contribution in [2.45, 2.75) is 82.2 Å². The van der Waals surface area contributed by atoms with Crippen molar-refractivity contribution in [3.05, 3.63) is 58.1 Å². The maximum absolute atomic E-state index is 13.5. The van der Waals surface area contributed by atoms with Gasteiger partial charge < -0.3 is 19.1 Å². The van der Waals surface area contributed by atoms with Crippen LogP contribution in [0, 0.1) is 23.7 Å². The Morgan fingerprint density at radius 1 is 0.978 bits per heavy atom. The van der Waals surface area contributed by atoms with Crippen LogP contribution in [0.4, 0.5) is 5.69 Å². The summed E-state index contributed by atoms with van der Waals surface area (Å²) in [5.41, 5.74) is 3.51. The van der Waals surface area contributed by atoms with Crippen molar-refractivity contribution in [1.29, 1.82) is 0 Å². The van der Waals surface area contributed by atoms with Gasteiger partial charge in [-0.05, 0) is 111 Å². The van der Waals surface area contributed by atoms with Gasteiger partial charge in [0.1, 0.15) is 5.75 Å². The number of nitrogens with zero attached hydrogens (tertiary/aromatic N) is 1. The first kappa shape index (κ1) is 31.3. The summed E-state index contributed by atoms with van der Waals surface area (Å²) < 4.78 is 48.0. The van der Waals surface area contributed by atoms with Gasteiger partial charge in [0.05, 0.1) is 30.8 Å². The van der Waals surface area contributed by atoms with Crippen LogP contribution < -0.4 is 14.4 Å². The third kappa shape index (κ3) is 5.99. The van der Waals surface area contributed by atoms with Gasteiger partial charge >= 0.3 is 0 Å². The highest BCUT2D eigenvalue weighted by Gasteiger charge is 2.46. The van der Waals surface area contributed by atoms with Gasteiger partial charge in [-0.3, -0.25) is 4.79 Å². The zero-order chi connectivity index (χ0) is 31.3. The summed E-state index contributed by atoms with van der Waals surface area (Å²) in [4.78, 5) is 15.9. The third-order valence-corrected chi connectivity index (χ3v) is 13.6. The summed E-state index contributed by atoms with van der Waals surface area (Å²) in [5, 5.41) is 0.0475. The molecule has 2 aromatic rings. The van der Waals surface area contributed by atoms with Gasteiger partial charge in [-0.1, -0.05) is 31.0 Å². The standard InChI is InChI=1S/C35H45ClN2O6S/c1-22-5-3-7-29(34-42-15-16-43-34)28-11-8-26(28)19-38-20-35(14-4-6-24-17-27(36)10-12-30(24)35)21-44-32-13-9-25(18-31(32)38)33(39)37-45(40,41)23(22)2/h9-10,12-13,17-18,22-23,26,28-29,34H,3-8,11,14-16,19-21H2,1-2H3,(H,37,39)/t22-,23+,26-,28+,29+,35-/m0/s1. The maximum Gasteiger partial charge on any atom is 0.264 e. The molecular formula is C35H45ClN2O6S. The van der Waals surface area contributed by atoms with Gasteiger partial charge in [0.15, 0.2) is 6.29 Å². The fourth-order valence-electron chi connectivity index (χ4n) is 8.60. The van der Waals surface area contributed by atoms with Crippen molar-refractivity contribution >= 4 is 33.2 Å². The quantitative estimate of drug-likeness (QED) is 0.397. The number of hydrogen-bond acceptors (Lipinski definition) is 7. The Kier molecular flexibility index (Phi) is 8.59. The van der Waals surface area contributed by atoms with E-state index >= 15 is 0 Å². The smallest absolute Gasteiger partial charge is 0.264 e. The number of benzene rings is 2. The summed E-state index contributed by atoms with van der Waals surface area (Å²) in [5.74, 6) is 1.18. The SMILES string of the molecule is C[C@@H]1[C@@H](C)CCC[C@@H](C2OCCO2)[C@@H]2CC[C@H]2CN2C[C@@]3(CCCc4cc(Cl)ccc43)COc3ccc(cc32)C(=O)NS1(=O)=O. The summed E-state index contributed by atoms with van der Waals surface area (Å²) >= 11 is 6.44. The number of carbonyl (C=O) groups is 1. The highest BCUT2D eigenvalue weighted by molar-refractivity contribution is 7.90. The summed E-state index contributed by atoms with van der Waals surface area (Å²) in [6.07, 6.45) is 7.66. The molecule has 8 nitrogen and oxygen atoms in total. The molecule has 3 aliphatic heterocycles. The van der Waals surface area contributed by atoms with Crippen LogP contribution in [0.1, 0.15) is 80.3 Å². The van der Waals surface area contributed by atoms with Gasteiger partial charge in [-0.15, -0.1) is 0 Å². The summed E-state index contributed by atoms with van der Waals surface area (Å²) in [6.45, 7) is 7.01. The lowest BCUT2D eigenvalue weighted by atomic mass is 9.64. The number of amides is 1. The van der Waals surface area contributed by atoms with E-state index in [1.165, 1.54) is 11.1 Å². The van der Waals surface area contributed by atoms with E-state index in [1.807, 2.05) is 25.1 Å². The van der Waals surface area contributed by atoms with Gasteiger partial charge in [0.25, 0.3) is 5.91 Å². The highest BCUT2D eigenvalue weighted by Crippen LogP contribution is 2.49. The molecule has 2 aromatic carbocycles. The Morgan fingerprint density at radius 2 is 1.80 bits per heavy atom. The van der Waals surface area contributed by atoms with E-state index in [0.29, 0.717) is 37.2 Å². The largest absolute Gasteiger partial charge is 0.490 e. The normalized spacial score (nSPS) is 33.7. The van der Waals surface area contributed by atoms with Crippen LogP contribution in [0.3, 0.4) is 0 Å². The van der Waals surface area contributed by atoms with Crippen LogP contribution in [0.2, 0.25) is 5.02 Å². The fraction of sp³-hybridized carbons (Fsp3) is 0.629. The molecule has 1 N–H and O–H groups in total. The van der Waals surface area contributed by atoms with E-state index in [2.05, 4.69) is 21.8 Å². The topological polar surface area (TPSA) is 94.2 Å². The van der Waals surface area contributed by atoms with E-state index in [9.17, 15) is 13.2 Å². The zero-order valence-corrected chi connectivity index (χ0v) is 27.9. The molecule has 1 spiro atoms. The molecule has 2 bridgehead atoms. The van der Waals surface area contributed by atoms with Crippen molar-refractivity contribution in [1.82, 2.24) is 4.72 Å². The molecule has 2 aliphatic carbocycles. The molecule has 0 unspecified atom stereocenters. The Labute approximate surface area is 272 Å². The molecule has 7 rings (SSSR count). The van der Waals surface area contributed by atoms with Crippen LogP contribution >= 0.6 is 11.6 Å². The lowest BCUT2D eigenvalue weighted by molar-refractivity contribution is -0.123. The van der Waals surface area contributed by atoms with Crippen LogP contribution in [0.15, 0.2) is 36.4 Å². The predicted molar refractivity (Wildman–Crippen MR) is 174 cm³/mol. The van der Waals surface area contributed by atoms with E-state index in [-0.39, 0.29) is 23.5 Å². The maximum atomic E-state index is 13.5. The molecule has 0 radical (unpaired) electrons. The minimum Gasteiger partial charge on any atom is -0.490 e. The second-order valence-corrected chi connectivity index (χ2v) is 16.6. The van der Waals surface area contributed by atoms with Crippen LogP contribution in [-0.4, -0.2) is 58.8 Å². The van der Waals surface area contributed by atoms with Gasteiger partial charge in [-0.2, -0.15) is 0 Å². The number of halogens is 1. The number of anilines is 1. The number of aryl methyl sites for hydroxylation is 1. The first-order chi connectivity index (χ1) is 21.6. The second kappa shape index (κ2) is 12.4. The van der Waals surface area contributed by atoms with Gasteiger partial charge in [0, 0.05) is 35.0 Å². The zero-order valence-electron chi connectivity index (χ0n) is 26.3. The lowest BCUT2D eigenvalue weighted by Crippen LogP contribution is -2.50. The first-order valence-corrected chi connectivity index (χ1v) is 18.7. The molecule has 1 amide bonds. The summed E-state index contributed by atoms with van der Waals surface area (Å²) in [6, 6.07) is 11.6. The molecule has 2 fully saturated rings. The lowest BCUT2D eigenvalue weighted by Gasteiger charge is -2.47. The van der Waals surface area contributed by atoms with E-state index in [1.54, 1.807) is 13.0 Å². The first-order valence-electron chi connectivity index (χ1n) is 16.7. The molecule has 45 heavy (non-hydrogen) atoms. The number of hydrogen-bond donors (Lipinski definition) is 1. The highest BCUT2D eigenvalue weighted by atomic mass is 35.5. The molecule has 10 heteroatoms. The van der Waals surface area contributed by atoms with E-state index in [0.717, 1.165) is 80.9 Å². The number of nitrogens with one attached hydrogen (secondary N) is 1. The molecule has 5 aliphatic rings. The number of rotatable bonds is 1. The second-order valence-electron chi connectivity index (χ2n) is 14.2. The molecule has 3 heterocycles. The van der Waals surface area contributed by atoms with Crippen molar-refractivity contribution < 1.29 is 27.4 Å². The predicted octanol–water partition coefficient (Wildman–Crippen LogP) is 6.10.